The van der Waals surface area contributed by atoms with Crippen LogP contribution in [0.2, 0.25) is 0 Å². The molecule has 0 spiro atoms. The Morgan fingerprint density at radius 2 is 2.11 bits per heavy atom. The lowest BCUT2D eigenvalue weighted by molar-refractivity contribution is -0.129. The molecule has 2 fully saturated rings. The van der Waals surface area contributed by atoms with Crippen molar-refractivity contribution in [3.05, 3.63) is 23.3 Å². The predicted octanol–water partition coefficient (Wildman–Crippen LogP) is 0.599. The van der Waals surface area contributed by atoms with E-state index in [0.29, 0.717) is 18.5 Å². The first-order chi connectivity index (χ1) is 9.13. The van der Waals surface area contributed by atoms with E-state index in [1.165, 1.54) is 0 Å². The average molecular weight is 260 g/mol. The van der Waals surface area contributed by atoms with Crippen LogP contribution in [0.15, 0.2) is 6.07 Å². The van der Waals surface area contributed by atoms with Crippen LogP contribution in [0.4, 0.5) is 0 Å². The second kappa shape index (κ2) is 4.89. The number of carbonyl (C=O) groups is 1. The molecule has 0 bridgehead atoms. The van der Waals surface area contributed by atoms with E-state index < -0.39 is 0 Å². The molecule has 1 amide bonds. The Balaban J connectivity index is 1.67. The van der Waals surface area contributed by atoms with Crippen molar-refractivity contribution in [3.8, 4) is 0 Å². The van der Waals surface area contributed by atoms with E-state index in [4.69, 9.17) is 0 Å². The number of amides is 1. The highest BCUT2D eigenvalue weighted by molar-refractivity contribution is 5.80. The summed E-state index contributed by atoms with van der Waals surface area (Å²) in [6.45, 7) is 5.73. The molecule has 2 atom stereocenters. The lowest BCUT2D eigenvalue weighted by Crippen LogP contribution is -2.37. The molecule has 5 heteroatoms. The van der Waals surface area contributed by atoms with Gasteiger partial charge in [0.1, 0.15) is 5.82 Å². The van der Waals surface area contributed by atoms with E-state index in [2.05, 4.69) is 15.3 Å². The van der Waals surface area contributed by atoms with Crippen LogP contribution in [0.25, 0.3) is 0 Å². The molecule has 0 aromatic carbocycles. The first kappa shape index (κ1) is 12.5. The van der Waals surface area contributed by atoms with Crippen LogP contribution in [0.1, 0.15) is 30.1 Å². The van der Waals surface area contributed by atoms with Gasteiger partial charge < -0.3 is 10.2 Å². The Morgan fingerprint density at radius 1 is 1.37 bits per heavy atom. The number of nitrogens with zero attached hydrogens (tertiary/aromatic N) is 3. The highest BCUT2D eigenvalue weighted by Crippen LogP contribution is 2.25. The van der Waals surface area contributed by atoms with Gasteiger partial charge in [0.15, 0.2) is 0 Å². The Bertz CT molecular complexity index is 482. The summed E-state index contributed by atoms with van der Waals surface area (Å²) in [6, 6.07) is 2.73. The lowest BCUT2D eigenvalue weighted by atomic mass is 10.1. The fourth-order valence-corrected chi connectivity index (χ4v) is 3.25. The second-order valence-electron chi connectivity index (χ2n) is 5.52. The molecule has 2 aliphatic heterocycles. The molecule has 0 saturated carbocycles. The minimum absolute atomic E-state index is 0.270. The standard InChI is InChI=1S/C14H20N4O/c1-9-7-10(2)17-13(16-9)4-6-18-12-3-5-15-11(12)8-14(18)19/h7,11-12,15H,3-6,8H2,1-2H3/t11-,12-/m1/s1. The number of aryl methyl sites for hydroxylation is 2. The molecule has 102 valence electrons. The van der Waals surface area contributed by atoms with Crippen molar-refractivity contribution in [2.24, 2.45) is 0 Å². The van der Waals surface area contributed by atoms with Crippen LogP contribution >= 0.6 is 0 Å². The van der Waals surface area contributed by atoms with Crippen molar-refractivity contribution in [2.45, 2.75) is 45.2 Å². The molecule has 1 N–H and O–H groups in total. The Kier molecular flexibility index (Phi) is 3.22. The summed E-state index contributed by atoms with van der Waals surface area (Å²) in [5.41, 5.74) is 1.99. The molecular formula is C14H20N4O. The second-order valence-corrected chi connectivity index (χ2v) is 5.52. The summed E-state index contributed by atoms with van der Waals surface area (Å²) in [4.78, 5) is 22.9. The lowest BCUT2D eigenvalue weighted by Gasteiger charge is -2.23. The monoisotopic (exact) mass is 260 g/mol. The van der Waals surface area contributed by atoms with E-state index in [1.807, 2.05) is 24.8 Å². The maximum absolute atomic E-state index is 12.0. The van der Waals surface area contributed by atoms with Gasteiger partial charge in [-0.2, -0.15) is 0 Å². The van der Waals surface area contributed by atoms with Crippen molar-refractivity contribution < 1.29 is 4.79 Å². The van der Waals surface area contributed by atoms with Gasteiger partial charge in [-0.15, -0.1) is 0 Å². The van der Waals surface area contributed by atoms with Crippen LogP contribution in [-0.4, -0.2) is 45.9 Å². The number of carbonyl (C=O) groups excluding carboxylic acids is 1. The van der Waals surface area contributed by atoms with Gasteiger partial charge in [-0.05, 0) is 32.9 Å². The quantitative estimate of drug-likeness (QED) is 0.864. The number of fused-ring (bicyclic) bond motifs is 1. The van der Waals surface area contributed by atoms with Gasteiger partial charge >= 0.3 is 0 Å². The van der Waals surface area contributed by atoms with Gasteiger partial charge in [-0.1, -0.05) is 0 Å². The maximum Gasteiger partial charge on any atom is 0.224 e. The summed E-state index contributed by atoms with van der Waals surface area (Å²) >= 11 is 0. The fourth-order valence-electron chi connectivity index (χ4n) is 3.25. The average Bonchev–Trinajstić information content (AvgIpc) is 2.86. The van der Waals surface area contributed by atoms with E-state index in [9.17, 15) is 4.79 Å². The summed E-state index contributed by atoms with van der Waals surface area (Å²) < 4.78 is 0. The first-order valence-electron chi connectivity index (χ1n) is 6.97. The van der Waals surface area contributed by atoms with Gasteiger partial charge in [-0.25, -0.2) is 9.97 Å². The zero-order valence-corrected chi connectivity index (χ0v) is 11.5. The zero-order chi connectivity index (χ0) is 13.4. The SMILES string of the molecule is Cc1cc(C)nc(CCN2C(=O)C[C@H]3NCC[C@H]32)n1. The number of nitrogens with one attached hydrogen (secondary N) is 1. The van der Waals surface area contributed by atoms with E-state index >= 15 is 0 Å². The van der Waals surface area contributed by atoms with Crippen LogP contribution in [0, 0.1) is 13.8 Å². The first-order valence-corrected chi connectivity index (χ1v) is 6.97. The van der Waals surface area contributed by atoms with Crippen molar-refractivity contribution in [1.82, 2.24) is 20.2 Å². The molecule has 3 heterocycles. The van der Waals surface area contributed by atoms with E-state index in [1.54, 1.807) is 0 Å². The van der Waals surface area contributed by atoms with Gasteiger partial charge in [-0.3, -0.25) is 4.79 Å². The predicted molar refractivity (Wildman–Crippen MR) is 71.7 cm³/mol. The van der Waals surface area contributed by atoms with Crippen molar-refractivity contribution in [1.29, 1.82) is 0 Å². The van der Waals surface area contributed by atoms with Crippen molar-refractivity contribution in [3.63, 3.8) is 0 Å². The van der Waals surface area contributed by atoms with E-state index in [-0.39, 0.29) is 5.91 Å². The third-order valence-corrected chi connectivity index (χ3v) is 4.03. The highest BCUT2D eigenvalue weighted by Gasteiger charge is 2.41. The Labute approximate surface area is 113 Å². The maximum atomic E-state index is 12.0. The van der Waals surface area contributed by atoms with Crippen molar-refractivity contribution in [2.75, 3.05) is 13.1 Å². The van der Waals surface area contributed by atoms with Gasteiger partial charge in [0.05, 0.1) is 0 Å². The molecule has 0 radical (unpaired) electrons. The molecule has 0 unspecified atom stereocenters. The molecular weight excluding hydrogens is 240 g/mol. The van der Waals surface area contributed by atoms with Crippen molar-refractivity contribution >= 4 is 5.91 Å². The molecule has 0 aliphatic carbocycles. The van der Waals surface area contributed by atoms with Gasteiger partial charge in [0, 0.05) is 42.9 Å². The van der Waals surface area contributed by atoms with Crippen LogP contribution in [-0.2, 0) is 11.2 Å². The summed E-state index contributed by atoms with van der Waals surface area (Å²) in [7, 11) is 0. The smallest absolute Gasteiger partial charge is 0.224 e. The van der Waals surface area contributed by atoms with Gasteiger partial charge in [0.2, 0.25) is 5.91 Å². The van der Waals surface area contributed by atoms with Crippen LogP contribution in [0.5, 0.6) is 0 Å². The number of hydrogen-bond acceptors (Lipinski definition) is 4. The molecule has 19 heavy (non-hydrogen) atoms. The number of aromatic nitrogens is 2. The largest absolute Gasteiger partial charge is 0.338 e. The molecule has 2 aliphatic rings. The van der Waals surface area contributed by atoms with E-state index in [0.717, 1.165) is 43.1 Å². The number of rotatable bonds is 3. The minimum Gasteiger partial charge on any atom is -0.338 e. The Hall–Kier alpha value is -1.49. The fraction of sp³-hybridized carbons (Fsp3) is 0.643. The molecule has 5 nitrogen and oxygen atoms in total. The highest BCUT2D eigenvalue weighted by atomic mass is 16.2. The number of likely N-dealkylation sites (tertiary alicyclic amines) is 1. The molecule has 1 aromatic rings. The Morgan fingerprint density at radius 3 is 2.84 bits per heavy atom. The van der Waals surface area contributed by atoms with Crippen LogP contribution in [0.3, 0.4) is 0 Å². The minimum atomic E-state index is 0.270. The third kappa shape index (κ3) is 2.47. The zero-order valence-electron chi connectivity index (χ0n) is 11.5. The normalized spacial score (nSPS) is 26.0. The van der Waals surface area contributed by atoms with Crippen LogP contribution < -0.4 is 5.32 Å². The summed E-state index contributed by atoms with van der Waals surface area (Å²) in [5, 5.41) is 3.40. The third-order valence-electron chi connectivity index (χ3n) is 4.03. The topological polar surface area (TPSA) is 58.1 Å². The summed E-state index contributed by atoms with van der Waals surface area (Å²) in [5.74, 6) is 1.12. The van der Waals surface area contributed by atoms with Gasteiger partial charge in [0.25, 0.3) is 0 Å². The summed E-state index contributed by atoms with van der Waals surface area (Å²) in [6.07, 6.45) is 2.47. The molecule has 3 rings (SSSR count). The molecule has 2 saturated heterocycles. The molecule has 1 aromatic heterocycles. The number of hydrogen-bond donors (Lipinski definition) is 1.